The van der Waals surface area contributed by atoms with Gasteiger partial charge in [-0.1, -0.05) is 35.0 Å². The summed E-state index contributed by atoms with van der Waals surface area (Å²) in [4.78, 5) is 11.6. The zero-order valence-corrected chi connectivity index (χ0v) is 11.1. The van der Waals surface area contributed by atoms with Crippen LogP contribution in [0.1, 0.15) is 10.4 Å². The van der Waals surface area contributed by atoms with Crippen LogP contribution in [0.4, 0.5) is 0 Å². The number of hydrogen-bond donors (Lipinski definition) is 1. The molecule has 0 aliphatic carbocycles. The monoisotopic (exact) mass is 300 g/mol. The zero-order chi connectivity index (χ0) is 13.1. The van der Waals surface area contributed by atoms with Crippen molar-refractivity contribution in [2.24, 2.45) is 0 Å². The first-order valence-corrected chi connectivity index (χ1v) is 6.33. The Morgan fingerprint density at radius 1 is 1.17 bits per heavy atom. The highest BCUT2D eigenvalue weighted by atomic mass is 35.5. The van der Waals surface area contributed by atoms with E-state index in [0.29, 0.717) is 15.1 Å². The first-order valence-electron chi connectivity index (χ1n) is 4.76. The number of rotatable bonds is 3. The van der Waals surface area contributed by atoms with Crippen molar-refractivity contribution in [2.45, 2.75) is 9.92 Å². The van der Waals surface area contributed by atoms with Crippen molar-refractivity contribution in [1.29, 1.82) is 0 Å². The third-order valence-corrected chi connectivity index (χ3v) is 3.45. The van der Waals surface area contributed by atoms with Gasteiger partial charge in [-0.05, 0) is 30.3 Å². The van der Waals surface area contributed by atoms with Crippen LogP contribution in [0.2, 0.25) is 10.2 Å². The minimum atomic E-state index is -1.07. The van der Waals surface area contributed by atoms with Gasteiger partial charge in [0.05, 0.1) is 10.6 Å². The van der Waals surface area contributed by atoms with Crippen LogP contribution in [0.3, 0.4) is 0 Å². The number of carboxylic acid groups (broad SMARTS) is 1. The Bertz CT molecular complexity index is 590. The van der Waals surface area contributed by atoms with Crippen molar-refractivity contribution in [2.75, 3.05) is 0 Å². The van der Waals surface area contributed by atoms with Gasteiger partial charge in [-0.3, -0.25) is 0 Å². The molecule has 0 fully saturated rings. The van der Waals surface area contributed by atoms with Crippen LogP contribution in [0.25, 0.3) is 0 Å². The summed E-state index contributed by atoms with van der Waals surface area (Å²) < 4.78 is 0. The lowest BCUT2D eigenvalue weighted by Gasteiger charge is -2.03. The maximum Gasteiger partial charge on any atom is 0.337 e. The molecule has 0 unspecified atom stereocenters. The van der Waals surface area contributed by atoms with Gasteiger partial charge >= 0.3 is 5.97 Å². The Balaban J connectivity index is 2.27. The summed E-state index contributed by atoms with van der Waals surface area (Å²) in [5.74, 6) is -1.07. The third-order valence-electron chi connectivity index (χ3n) is 2.00. The average Bonchev–Trinajstić information content (AvgIpc) is 2.34. The second-order valence-corrected chi connectivity index (χ2v) is 5.13. The number of benzene rings is 1. The van der Waals surface area contributed by atoms with Crippen molar-refractivity contribution >= 4 is 40.9 Å². The number of aromatic carboxylic acids is 1. The second kappa shape index (κ2) is 5.56. The fraction of sp³-hybridized carbons (Fsp3) is 0. The molecule has 0 radical (unpaired) electrons. The topological polar surface area (TPSA) is 63.1 Å². The maximum absolute atomic E-state index is 10.9. The molecule has 0 spiro atoms. The average molecular weight is 301 g/mol. The van der Waals surface area contributed by atoms with Gasteiger partial charge in [0.2, 0.25) is 0 Å². The normalized spacial score (nSPS) is 10.3. The SMILES string of the molecule is O=C(O)c1cc(Sc2ccc(Cl)nn2)ccc1Cl. The molecule has 92 valence electrons. The van der Waals surface area contributed by atoms with Crippen molar-refractivity contribution < 1.29 is 9.90 Å². The molecule has 0 aliphatic heterocycles. The van der Waals surface area contributed by atoms with Crippen LogP contribution >= 0.6 is 35.0 Å². The zero-order valence-electron chi connectivity index (χ0n) is 8.80. The summed E-state index contributed by atoms with van der Waals surface area (Å²) in [6, 6.07) is 8.07. The number of halogens is 2. The van der Waals surface area contributed by atoms with E-state index in [1.807, 2.05) is 0 Å². The van der Waals surface area contributed by atoms with Gasteiger partial charge in [-0.25, -0.2) is 4.79 Å². The molecule has 0 saturated heterocycles. The Morgan fingerprint density at radius 3 is 2.56 bits per heavy atom. The molecule has 1 aromatic heterocycles. The largest absolute Gasteiger partial charge is 0.478 e. The molecule has 0 saturated carbocycles. The molecule has 2 rings (SSSR count). The molecule has 1 N–H and O–H groups in total. The van der Waals surface area contributed by atoms with Crippen LogP contribution in [-0.2, 0) is 0 Å². The molecule has 0 atom stereocenters. The van der Waals surface area contributed by atoms with Crippen LogP contribution in [0.5, 0.6) is 0 Å². The number of nitrogens with zero attached hydrogens (tertiary/aromatic N) is 2. The molecule has 0 bridgehead atoms. The number of aromatic nitrogens is 2. The van der Waals surface area contributed by atoms with E-state index >= 15 is 0 Å². The number of hydrogen-bond acceptors (Lipinski definition) is 4. The summed E-state index contributed by atoms with van der Waals surface area (Å²) in [6.07, 6.45) is 0. The van der Waals surface area contributed by atoms with E-state index in [1.165, 1.54) is 23.9 Å². The van der Waals surface area contributed by atoms with Gasteiger partial charge in [0, 0.05) is 4.90 Å². The van der Waals surface area contributed by atoms with Crippen molar-refractivity contribution in [3.05, 3.63) is 46.1 Å². The molecule has 7 heteroatoms. The summed E-state index contributed by atoms with van der Waals surface area (Å²) in [7, 11) is 0. The highest BCUT2D eigenvalue weighted by molar-refractivity contribution is 7.99. The summed E-state index contributed by atoms with van der Waals surface area (Å²) in [5, 5.41) is 17.7. The smallest absolute Gasteiger partial charge is 0.337 e. The van der Waals surface area contributed by atoms with Crippen molar-refractivity contribution in [3.63, 3.8) is 0 Å². The summed E-state index contributed by atoms with van der Waals surface area (Å²) in [5.41, 5.74) is 0.0589. The minimum absolute atomic E-state index is 0.0589. The van der Waals surface area contributed by atoms with Gasteiger partial charge in [-0.15, -0.1) is 10.2 Å². The molecule has 1 heterocycles. The highest BCUT2D eigenvalue weighted by Gasteiger charge is 2.10. The lowest BCUT2D eigenvalue weighted by molar-refractivity contribution is 0.0697. The predicted octanol–water partition coefficient (Wildman–Crippen LogP) is 3.63. The maximum atomic E-state index is 10.9. The van der Waals surface area contributed by atoms with Gasteiger partial charge in [0.1, 0.15) is 5.03 Å². The molecular weight excluding hydrogens is 295 g/mol. The molecule has 0 amide bonds. The van der Waals surface area contributed by atoms with Gasteiger partial charge < -0.3 is 5.11 Å². The van der Waals surface area contributed by atoms with E-state index in [-0.39, 0.29) is 10.6 Å². The third kappa shape index (κ3) is 3.13. The Labute approximate surface area is 117 Å². The van der Waals surface area contributed by atoms with Crippen LogP contribution < -0.4 is 0 Å². The highest BCUT2D eigenvalue weighted by Crippen LogP contribution is 2.29. The first kappa shape index (κ1) is 13.1. The summed E-state index contributed by atoms with van der Waals surface area (Å²) in [6.45, 7) is 0. The number of carbonyl (C=O) groups is 1. The second-order valence-electron chi connectivity index (χ2n) is 3.24. The fourth-order valence-electron chi connectivity index (χ4n) is 1.21. The molecule has 0 aliphatic rings. The first-order chi connectivity index (χ1) is 8.56. The molecule has 1 aromatic carbocycles. The van der Waals surface area contributed by atoms with E-state index in [0.717, 1.165) is 0 Å². The minimum Gasteiger partial charge on any atom is -0.478 e. The van der Waals surface area contributed by atoms with Crippen molar-refractivity contribution in [3.8, 4) is 0 Å². The molecule has 2 aromatic rings. The van der Waals surface area contributed by atoms with Gasteiger partial charge in [-0.2, -0.15) is 0 Å². The number of carboxylic acids is 1. The van der Waals surface area contributed by atoms with E-state index in [1.54, 1.807) is 18.2 Å². The van der Waals surface area contributed by atoms with Crippen molar-refractivity contribution in [1.82, 2.24) is 10.2 Å². The van der Waals surface area contributed by atoms with E-state index in [2.05, 4.69) is 10.2 Å². The van der Waals surface area contributed by atoms with Crippen LogP contribution in [0, 0.1) is 0 Å². The lowest BCUT2D eigenvalue weighted by atomic mass is 10.2. The molecule has 18 heavy (non-hydrogen) atoms. The summed E-state index contributed by atoms with van der Waals surface area (Å²) >= 11 is 12.7. The predicted molar refractivity (Wildman–Crippen MR) is 69.6 cm³/mol. The van der Waals surface area contributed by atoms with Gasteiger partial charge in [0.15, 0.2) is 5.15 Å². The lowest BCUT2D eigenvalue weighted by Crippen LogP contribution is -1.97. The van der Waals surface area contributed by atoms with Crippen LogP contribution in [0.15, 0.2) is 40.3 Å². The molecular formula is C11H6Cl2N2O2S. The van der Waals surface area contributed by atoms with E-state index < -0.39 is 5.97 Å². The standard InChI is InChI=1S/C11H6Cl2N2O2S/c12-8-2-1-6(5-7(8)11(16)17)18-10-4-3-9(13)14-15-10/h1-5H,(H,16,17). The Morgan fingerprint density at radius 2 is 1.94 bits per heavy atom. The molecule has 4 nitrogen and oxygen atoms in total. The van der Waals surface area contributed by atoms with E-state index in [4.69, 9.17) is 28.3 Å². The van der Waals surface area contributed by atoms with Crippen LogP contribution in [-0.4, -0.2) is 21.3 Å². The quantitative estimate of drug-likeness (QED) is 0.937. The Kier molecular flexibility index (Phi) is 4.06. The Hall–Kier alpha value is -1.30. The van der Waals surface area contributed by atoms with Gasteiger partial charge in [0.25, 0.3) is 0 Å². The van der Waals surface area contributed by atoms with E-state index in [9.17, 15) is 4.79 Å². The fourth-order valence-corrected chi connectivity index (χ4v) is 2.28.